The number of aryl methyl sites for hydroxylation is 1. The van der Waals surface area contributed by atoms with E-state index in [1.165, 1.54) is 16.0 Å². The van der Waals surface area contributed by atoms with Crippen LogP contribution in [0.3, 0.4) is 0 Å². The summed E-state index contributed by atoms with van der Waals surface area (Å²) in [5, 5.41) is 7.20. The topological polar surface area (TPSA) is 116 Å². The molecule has 0 unspecified atom stereocenters. The number of halogens is 2. The van der Waals surface area contributed by atoms with Gasteiger partial charge in [-0.15, -0.1) is 11.3 Å². The molecule has 0 saturated heterocycles. The van der Waals surface area contributed by atoms with Gasteiger partial charge in [-0.05, 0) is 36.6 Å². The van der Waals surface area contributed by atoms with Crippen molar-refractivity contribution in [1.82, 2.24) is 9.78 Å². The third-order valence-electron chi connectivity index (χ3n) is 4.52. The van der Waals surface area contributed by atoms with Crippen LogP contribution < -0.4 is 16.8 Å². The lowest BCUT2D eigenvalue weighted by Gasteiger charge is -2.11. The highest BCUT2D eigenvalue weighted by Gasteiger charge is 2.29. The highest BCUT2D eigenvalue weighted by Crippen LogP contribution is 2.44. The number of hydrogen-bond acceptors (Lipinski definition) is 4. The lowest BCUT2D eigenvalue weighted by molar-refractivity contribution is 0.100. The van der Waals surface area contributed by atoms with Gasteiger partial charge in [-0.3, -0.25) is 14.8 Å². The summed E-state index contributed by atoms with van der Waals surface area (Å²) in [6, 6.07) is 2.47. The van der Waals surface area contributed by atoms with Gasteiger partial charge in [0.2, 0.25) is 0 Å². The molecule has 0 bridgehead atoms. The van der Waals surface area contributed by atoms with Crippen LogP contribution in [0.5, 0.6) is 0 Å². The Morgan fingerprint density at radius 2 is 2.04 bits per heavy atom. The molecule has 0 saturated carbocycles. The number of fused-ring (bicyclic) bond motifs is 3. The number of amides is 3. The van der Waals surface area contributed by atoms with Crippen LogP contribution in [-0.2, 0) is 19.4 Å². The van der Waals surface area contributed by atoms with Crippen molar-refractivity contribution in [3.63, 3.8) is 0 Å². The number of benzene rings is 1. The van der Waals surface area contributed by atoms with Gasteiger partial charge in [0.05, 0.1) is 17.8 Å². The lowest BCUT2D eigenvalue weighted by Crippen LogP contribution is -2.22. The van der Waals surface area contributed by atoms with E-state index < -0.39 is 23.6 Å². The molecule has 144 valence electrons. The van der Waals surface area contributed by atoms with Gasteiger partial charge in [-0.1, -0.05) is 0 Å². The summed E-state index contributed by atoms with van der Waals surface area (Å²) in [4.78, 5) is 23.9. The fourth-order valence-electron chi connectivity index (χ4n) is 3.38. The van der Waals surface area contributed by atoms with Crippen LogP contribution in [0.15, 0.2) is 24.4 Å². The smallest absolute Gasteiger partial charge is 0.317 e. The minimum Gasteiger partial charge on any atom is -0.365 e. The first-order valence-corrected chi connectivity index (χ1v) is 9.17. The van der Waals surface area contributed by atoms with Gasteiger partial charge < -0.3 is 11.5 Å². The molecule has 0 fully saturated rings. The molecule has 5 N–H and O–H groups in total. The zero-order chi connectivity index (χ0) is 20.0. The van der Waals surface area contributed by atoms with Crippen LogP contribution in [0, 0.1) is 11.6 Å². The zero-order valence-electron chi connectivity index (χ0n) is 14.5. The van der Waals surface area contributed by atoms with Crippen molar-refractivity contribution in [2.24, 2.45) is 11.5 Å². The Hall–Kier alpha value is -3.27. The largest absolute Gasteiger partial charge is 0.365 e. The Morgan fingerprint density at radius 1 is 1.25 bits per heavy atom. The number of anilines is 1. The summed E-state index contributed by atoms with van der Waals surface area (Å²) in [6.45, 7) is 0.0619. The number of urea groups is 1. The number of nitrogens with zero attached hydrogens (tertiary/aromatic N) is 2. The van der Waals surface area contributed by atoms with Gasteiger partial charge in [0, 0.05) is 22.2 Å². The first kappa shape index (κ1) is 18.1. The number of primary amides is 2. The molecule has 1 aromatic carbocycles. The zero-order valence-corrected chi connectivity index (χ0v) is 15.3. The van der Waals surface area contributed by atoms with E-state index in [-0.39, 0.29) is 17.7 Å². The Kier molecular flexibility index (Phi) is 4.34. The average molecular weight is 403 g/mol. The van der Waals surface area contributed by atoms with Gasteiger partial charge in [-0.25, -0.2) is 13.6 Å². The van der Waals surface area contributed by atoms with E-state index >= 15 is 0 Å². The third-order valence-corrected chi connectivity index (χ3v) is 5.71. The molecular formula is C18H15F2N5O2S. The van der Waals surface area contributed by atoms with Gasteiger partial charge >= 0.3 is 6.03 Å². The second-order valence-electron chi connectivity index (χ2n) is 6.39. The Bertz CT molecular complexity index is 1120. The Labute approximate surface area is 161 Å². The Balaban J connectivity index is 1.75. The maximum absolute atomic E-state index is 13.9. The van der Waals surface area contributed by atoms with Crippen molar-refractivity contribution in [3.05, 3.63) is 58.4 Å². The van der Waals surface area contributed by atoms with Gasteiger partial charge in [0.1, 0.15) is 16.6 Å². The van der Waals surface area contributed by atoms with E-state index in [1.54, 1.807) is 6.20 Å². The molecule has 0 aliphatic heterocycles. The average Bonchev–Trinajstić information content (AvgIpc) is 3.17. The predicted octanol–water partition coefficient (Wildman–Crippen LogP) is 2.63. The van der Waals surface area contributed by atoms with Crippen LogP contribution in [0.25, 0.3) is 10.4 Å². The molecule has 0 spiro atoms. The summed E-state index contributed by atoms with van der Waals surface area (Å²) in [5.74, 6) is -1.70. The van der Waals surface area contributed by atoms with Crippen molar-refractivity contribution in [1.29, 1.82) is 0 Å². The van der Waals surface area contributed by atoms with E-state index in [4.69, 9.17) is 11.5 Å². The van der Waals surface area contributed by atoms with E-state index in [0.717, 1.165) is 39.9 Å². The summed E-state index contributed by atoms with van der Waals surface area (Å²) >= 11 is 1.19. The number of carbonyl (C=O) groups excluding carboxylic acids is 2. The number of carbonyl (C=O) groups is 2. The fourth-order valence-corrected chi connectivity index (χ4v) is 4.67. The molecule has 4 rings (SSSR count). The SMILES string of the molecule is NC(=O)Nc1sc2c(c1C(N)=O)CCc1nn(Cc3cc(F)ccc3F)cc1-2. The van der Waals surface area contributed by atoms with Crippen molar-refractivity contribution in [2.75, 3.05) is 5.32 Å². The maximum Gasteiger partial charge on any atom is 0.317 e. The van der Waals surface area contributed by atoms with Gasteiger partial charge in [-0.2, -0.15) is 5.10 Å². The molecule has 10 heteroatoms. The predicted molar refractivity (Wildman–Crippen MR) is 100 cm³/mol. The monoisotopic (exact) mass is 403 g/mol. The highest BCUT2D eigenvalue weighted by molar-refractivity contribution is 7.20. The minimum atomic E-state index is -0.793. The standard InChI is InChI=1S/C18H15F2N5O2S/c19-9-1-3-12(20)8(5-9)6-25-7-11-13(24-25)4-2-10-14(16(21)26)17(23-18(22)27)28-15(10)11/h1,3,5,7H,2,4,6H2,(H2,21,26)(H3,22,23,27). The van der Waals surface area contributed by atoms with Crippen LogP contribution >= 0.6 is 11.3 Å². The first-order valence-electron chi connectivity index (χ1n) is 8.36. The number of rotatable bonds is 4. The summed E-state index contributed by atoms with van der Waals surface area (Å²) < 4.78 is 28.9. The minimum absolute atomic E-state index is 0.0619. The Morgan fingerprint density at radius 3 is 2.75 bits per heavy atom. The van der Waals surface area contributed by atoms with E-state index in [9.17, 15) is 18.4 Å². The number of aromatic nitrogens is 2. The number of nitrogens with two attached hydrogens (primary N) is 2. The van der Waals surface area contributed by atoms with Crippen molar-refractivity contribution >= 4 is 28.3 Å². The van der Waals surface area contributed by atoms with Crippen LogP contribution in [0.1, 0.15) is 27.2 Å². The molecule has 0 atom stereocenters. The number of hydrogen-bond donors (Lipinski definition) is 3. The summed E-state index contributed by atoms with van der Waals surface area (Å²) in [7, 11) is 0. The second kappa shape index (κ2) is 6.71. The molecule has 1 aliphatic rings. The molecule has 2 aromatic heterocycles. The quantitative estimate of drug-likeness (QED) is 0.622. The van der Waals surface area contributed by atoms with Crippen LogP contribution in [-0.4, -0.2) is 21.7 Å². The normalized spacial score (nSPS) is 12.4. The second-order valence-corrected chi connectivity index (χ2v) is 7.41. The van der Waals surface area contributed by atoms with E-state index in [2.05, 4.69) is 10.4 Å². The summed E-state index contributed by atoms with van der Waals surface area (Å²) in [5.41, 5.74) is 13.4. The van der Waals surface area contributed by atoms with E-state index in [0.29, 0.717) is 17.8 Å². The molecule has 3 aromatic rings. The highest BCUT2D eigenvalue weighted by atomic mass is 32.1. The number of thiophene rings is 1. The van der Waals surface area contributed by atoms with Crippen molar-refractivity contribution < 1.29 is 18.4 Å². The van der Waals surface area contributed by atoms with Crippen molar-refractivity contribution in [3.8, 4) is 10.4 Å². The van der Waals surface area contributed by atoms with E-state index in [1.807, 2.05) is 0 Å². The maximum atomic E-state index is 13.9. The molecule has 28 heavy (non-hydrogen) atoms. The number of nitrogens with one attached hydrogen (secondary N) is 1. The van der Waals surface area contributed by atoms with Crippen LogP contribution in [0.2, 0.25) is 0 Å². The molecular weight excluding hydrogens is 388 g/mol. The molecule has 7 nitrogen and oxygen atoms in total. The fraction of sp³-hybridized carbons (Fsp3) is 0.167. The summed E-state index contributed by atoms with van der Waals surface area (Å²) in [6.07, 6.45) is 2.78. The van der Waals surface area contributed by atoms with Crippen molar-refractivity contribution in [2.45, 2.75) is 19.4 Å². The lowest BCUT2D eigenvalue weighted by atomic mass is 9.94. The van der Waals surface area contributed by atoms with Gasteiger partial charge in [0.15, 0.2) is 0 Å². The molecule has 3 amide bonds. The molecule has 0 radical (unpaired) electrons. The third kappa shape index (κ3) is 3.11. The van der Waals surface area contributed by atoms with Crippen LogP contribution in [0.4, 0.5) is 18.6 Å². The first-order chi connectivity index (χ1) is 13.3. The molecule has 2 heterocycles. The van der Waals surface area contributed by atoms with Gasteiger partial charge in [0.25, 0.3) is 5.91 Å². The molecule has 1 aliphatic carbocycles.